The van der Waals surface area contributed by atoms with Gasteiger partial charge in [0.05, 0.1) is 6.10 Å². The van der Waals surface area contributed by atoms with Crippen LogP contribution in [-0.2, 0) is 4.74 Å². The topological polar surface area (TPSA) is 9.23 Å². The van der Waals surface area contributed by atoms with E-state index in [0.29, 0.717) is 0 Å². The second-order valence-electron chi connectivity index (χ2n) is 3.05. The van der Waals surface area contributed by atoms with Crippen LogP contribution in [0.2, 0.25) is 0 Å². The van der Waals surface area contributed by atoms with E-state index in [4.69, 9.17) is 4.74 Å². The number of allylic oxidation sites excluding steroid dienone is 2. The summed E-state index contributed by atoms with van der Waals surface area (Å²) >= 11 is 0. The quantitative estimate of drug-likeness (QED) is 0.519. The first-order chi connectivity index (χ1) is 5.36. The van der Waals surface area contributed by atoms with Crippen LogP contribution in [0.15, 0.2) is 24.1 Å². The highest BCUT2D eigenvalue weighted by Crippen LogP contribution is 2.28. The molecule has 1 aliphatic carbocycles. The molecule has 0 spiro atoms. The van der Waals surface area contributed by atoms with E-state index in [9.17, 15) is 4.39 Å². The van der Waals surface area contributed by atoms with Crippen molar-refractivity contribution in [3.8, 4) is 0 Å². The standard InChI is InChI=1S/C9H11FO/c10-8-3-4-9-7(6-8)2-1-5-11-9/h3-4,6-7,9H,1-2,5H2. The number of hydrogen-bond acceptors (Lipinski definition) is 1. The second kappa shape index (κ2) is 2.78. The van der Waals surface area contributed by atoms with E-state index in [1.165, 1.54) is 6.08 Å². The average molecular weight is 154 g/mol. The molecule has 0 aromatic rings. The third-order valence-electron chi connectivity index (χ3n) is 2.23. The maximum Gasteiger partial charge on any atom is 0.119 e. The summed E-state index contributed by atoms with van der Waals surface area (Å²) in [5.41, 5.74) is 0. The Morgan fingerprint density at radius 2 is 2.45 bits per heavy atom. The van der Waals surface area contributed by atoms with Gasteiger partial charge in [0.25, 0.3) is 0 Å². The maximum atomic E-state index is 12.7. The van der Waals surface area contributed by atoms with Crippen molar-refractivity contribution >= 4 is 0 Å². The molecule has 2 unspecified atom stereocenters. The van der Waals surface area contributed by atoms with Gasteiger partial charge in [0.2, 0.25) is 0 Å². The number of ether oxygens (including phenoxy) is 1. The van der Waals surface area contributed by atoms with Gasteiger partial charge >= 0.3 is 0 Å². The second-order valence-corrected chi connectivity index (χ2v) is 3.05. The zero-order valence-corrected chi connectivity index (χ0v) is 6.29. The summed E-state index contributed by atoms with van der Waals surface area (Å²) in [4.78, 5) is 0. The van der Waals surface area contributed by atoms with Crippen LogP contribution < -0.4 is 0 Å². The lowest BCUT2D eigenvalue weighted by Gasteiger charge is -2.29. The van der Waals surface area contributed by atoms with Crippen molar-refractivity contribution in [3.05, 3.63) is 24.1 Å². The minimum Gasteiger partial charge on any atom is -0.374 e. The van der Waals surface area contributed by atoms with Crippen LogP contribution in [0.25, 0.3) is 0 Å². The van der Waals surface area contributed by atoms with Crippen LogP contribution in [0.4, 0.5) is 4.39 Å². The summed E-state index contributed by atoms with van der Waals surface area (Å²) in [6.07, 6.45) is 7.24. The van der Waals surface area contributed by atoms with Gasteiger partial charge in [0.1, 0.15) is 5.83 Å². The lowest BCUT2D eigenvalue weighted by molar-refractivity contribution is 0.0177. The van der Waals surface area contributed by atoms with Crippen LogP contribution in [0.1, 0.15) is 12.8 Å². The Labute approximate surface area is 65.5 Å². The van der Waals surface area contributed by atoms with Gasteiger partial charge in [-0.3, -0.25) is 0 Å². The summed E-state index contributed by atoms with van der Waals surface area (Å²) < 4.78 is 18.1. The van der Waals surface area contributed by atoms with Crippen LogP contribution in [0.5, 0.6) is 0 Å². The molecule has 2 atom stereocenters. The first kappa shape index (κ1) is 7.04. The first-order valence-electron chi connectivity index (χ1n) is 4.03. The molecule has 60 valence electrons. The van der Waals surface area contributed by atoms with Gasteiger partial charge in [-0.2, -0.15) is 0 Å². The highest BCUT2D eigenvalue weighted by Gasteiger charge is 2.24. The van der Waals surface area contributed by atoms with E-state index in [-0.39, 0.29) is 17.8 Å². The third kappa shape index (κ3) is 1.36. The molecular weight excluding hydrogens is 143 g/mol. The minimum atomic E-state index is -0.114. The highest BCUT2D eigenvalue weighted by atomic mass is 19.1. The molecule has 0 radical (unpaired) electrons. The minimum absolute atomic E-state index is 0.114. The third-order valence-corrected chi connectivity index (χ3v) is 2.23. The molecule has 2 aliphatic rings. The molecule has 0 bridgehead atoms. The first-order valence-corrected chi connectivity index (χ1v) is 4.03. The smallest absolute Gasteiger partial charge is 0.119 e. The summed E-state index contributed by atoms with van der Waals surface area (Å²) in [6.45, 7) is 0.820. The fourth-order valence-corrected chi connectivity index (χ4v) is 1.65. The lowest BCUT2D eigenvalue weighted by Crippen LogP contribution is -2.27. The van der Waals surface area contributed by atoms with Gasteiger partial charge in [0.15, 0.2) is 0 Å². The van der Waals surface area contributed by atoms with Crippen molar-refractivity contribution in [2.24, 2.45) is 5.92 Å². The number of fused-ring (bicyclic) bond motifs is 1. The summed E-state index contributed by atoms with van der Waals surface area (Å²) in [5, 5.41) is 0. The van der Waals surface area contributed by atoms with Gasteiger partial charge in [-0.05, 0) is 25.0 Å². The van der Waals surface area contributed by atoms with Gasteiger partial charge in [-0.15, -0.1) is 0 Å². The van der Waals surface area contributed by atoms with Crippen LogP contribution in [-0.4, -0.2) is 12.7 Å². The highest BCUT2D eigenvalue weighted by molar-refractivity contribution is 5.21. The Hall–Kier alpha value is -0.630. The normalized spacial score (nSPS) is 36.3. The zero-order chi connectivity index (χ0) is 7.68. The van der Waals surface area contributed by atoms with E-state index >= 15 is 0 Å². The Balaban J connectivity index is 2.13. The molecule has 0 amide bonds. The molecule has 1 nitrogen and oxygen atoms in total. The molecule has 1 heterocycles. The predicted molar refractivity (Wildman–Crippen MR) is 40.8 cm³/mol. The molecule has 11 heavy (non-hydrogen) atoms. The van der Waals surface area contributed by atoms with E-state index < -0.39 is 0 Å². The Kier molecular flexibility index (Phi) is 1.78. The predicted octanol–water partition coefficient (Wildman–Crippen LogP) is 2.20. The summed E-state index contributed by atoms with van der Waals surface area (Å²) in [7, 11) is 0. The largest absolute Gasteiger partial charge is 0.374 e. The fraction of sp³-hybridized carbons (Fsp3) is 0.556. The van der Waals surface area contributed by atoms with Crippen molar-refractivity contribution in [2.75, 3.05) is 6.61 Å². The van der Waals surface area contributed by atoms with Crippen molar-refractivity contribution in [3.63, 3.8) is 0 Å². The zero-order valence-electron chi connectivity index (χ0n) is 6.29. The lowest BCUT2D eigenvalue weighted by atomic mass is 9.91. The average Bonchev–Trinajstić information content (AvgIpc) is 2.04. The molecule has 0 N–H and O–H groups in total. The van der Waals surface area contributed by atoms with Crippen molar-refractivity contribution in [1.82, 2.24) is 0 Å². The Bertz CT molecular complexity index is 208. The van der Waals surface area contributed by atoms with Crippen molar-refractivity contribution in [1.29, 1.82) is 0 Å². The number of halogens is 1. The molecular formula is C9H11FO. The number of rotatable bonds is 0. The SMILES string of the molecule is FC1=CC2CCCOC2C=C1. The molecule has 0 aromatic heterocycles. The van der Waals surface area contributed by atoms with Gasteiger partial charge in [0, 0.05) is 12.5 Å². The van der Waals surface area contributed by atoms with Crippen LogP contribution in [0.3, 0.4) is 0 Å². The van der Waals surface area contributed by atoms with Gasteiger partial charge in [-0.1, -0.05) is 6.08 Å². The molecule has 0 aromatic carbocycles. The molecule has 0 saturated carbocycles. The summed E-state index contributed by atoms with van der Waals surface area (Å²) in [5.74, 6) is 0.172. The molecule has 1 fully saturated rings. The number of hydrogen-bond donors (Lipinski definition) is 0. The van der Waals surface area contributed by atoms with Crippen LogP contribution >= 0.6 is 0 Å². The van der Waals surface area contributed by atoms with Crippen molar-refractivity contribution < 1.29 is 9.13 Å². The molecule has 1 saturated heterocycles. The van der Waals surface area contributed by atoms with Crippen molar-refractivity contribution in [2.45, 2.75) is 18.9 Å². The fourth-order valence-electron chi connectivity index (χ4n) is 1.65. The maximum absolute atomic E-state index is 12.7. The molecule has 2 heteroatoms. The van der Waals surface area contributed by atoms with E-state index in [1.54, 1.807) is 6.08 Å². The van der Waals surface area contributed by atoms with E-state index in [0.717, 1.165) is 19.4 Å². The van der Waals surface area contributed by atoms with Gasteiger partial charge in [-0.25, -0.2) is 4.39 Å². The van der Waals surface area contributed by atoms with Crippen LogP contribution in [0, 0.1) is 5.92 Å². The molecule has 1 aliphatic heterocycles. The van der Waals surface area contributed by atoms with E-state index in [2.05, 4.69) is 0 Å². The monoisotopic (exact) mass is 154 g/mol. The molecule has 2 rings (SSSR count). The Morgan fingerprint density at radius 3 is 3.36 bits per heavy atom. The van der Waals surface area contributed by atoms with Gasteiger partial charge < -0.3 is 4.74 Å². The van der Waals surface area contributed by atoms with E-state index in [1.807, 2.05) is 6.08 Å². The summed E-state index contributed by atoms with van der Waals surface area (Å²) in [6, 6.07) is 0. The Morgan fingerprint density at radius 1 is 1.55 bits per heavy atom.